The maximum absolute atomic E-state index is 13.5. The summed E-state index contributed by atoms with van der Waals surface area (Å²) in [6.07, 6.45) is 0.358. The Kier molecular flexibility index (Phi) is 8.61. The molecule has 0 spiro atoms. The molecule has 2 aromatic carbocycles. The number of carbonyl (C=O) groups is 2. The fraction of sp³-hybridized carbons (Fsp3) is 0.364. The van der Waals surface area contributed by atoms with E-state index in [1.807, 2.05) is 13.8 Å². The van der Waals surface area contributed by atoms with Crippen LogP contribution in [0.25, 0.3) is 0 Å². The van der Waals surface area contributed by atoms with Crippen molar-refractivity contribution in [3.63, 3.8) is 0 Å². The van der Waals surface area contributed by atoms with Gasteiger partial charge in [0.1, 0.15) is 6.04 Å². The lowest BCUT2D eigenvalue weighted by atomic mass is 10.0. The van der Waals surface area contributed by atoms with Crippen LogP contribution in [0.2, 0.25) is 5.02 Å². The van der Waals surface area contributed by atoms with Crippen LogP contribution in [0.4, 0.5) is 5.69 Å². The SMILES string of the molecule is CNC(=O)[C@@H](CC(C)C)N(Cc1ccc(NC(C)=O)cc1)S(=O)(=O)c1ccc(Cl)cc1. The molecule has 0 aliphatic rings. The Hall–Kier alpha value is -2.42. The highest BCUT2D eigenvalue weighted by Gasteiger charge is 2.36. The number of sulfonamides is 1. The van der Waals surface area contributed by atoms with Gasteiger partial charge in [0.25, 0.3) is 0 Å². The molecule has 0 saturated carbocycles. The van der Waals surface area contributed by atoms with Gasteiger partial charge in [0.2, 0.25) is 21.8 Å². The van der Waals surface area contributed by atoms with Gasteiger partial charge in [-0.2, -0.15) is 4.31 Å². The first-order chi connectivity index (χ1) is 14.5. The highest BCUT2D eigenvalue weighted by Crippen LogP contribution is 2.26. The molecule has 0 radical (unpaired) electrons. The summed E-state index contributed by atoms with van der Waals surface area (Å²) < 4.78 is 28.3. The first-order valence-corrected chi connectivity index (χ1v) is 11.7. The van der Waals surface area contributed by atoms with E-state index < -0.39 is 16.1 Å². The molecular weight excluding hydrogens is 438 g/mol. The Labute approximate surface area is 188 Å². The van der Waals surface area contributed by atoms with Crippen molar-refractivity contribution in [2.24, 2.45) is 5.92 Å². The number of anilines is 1. The average molecular weight is 466 g/mol. The van der Waals surface area contributed by atoms with Crippen LogP contribution in [0.5, 0.6) is 0 Å². The molecule has 9 heteroatoms. The summed E-state index contributed by atoms with van der Waals surface area (Å²) in [5.41, 5.74) is 1.29. The van der Waals surface area contributed by atoms with Gasteiger partial charge in [-0.25, -0.2) is 8.42 Å². The monoisotopic (exact) mass is 465 g/mol. The minimum absolute atomic E-state index is 0.00385. The number of nitrogens with zero attached hydrogens (tertiary/aromatic N) is 1. The Morgan fingerprint density at radius 3 is 2.10 bits per heavy atom. The molecule has 0 aliphatic carbocycles. The molecule has 0 bridgehead atoms. The van der Waals surface area contributed by atoms with E-state index in [0.717, 1.165) is 0 Å². The van der Waals surface area contributed by atoms with Crippen molar-refractivity contribution < 1.29 is 18.0 Å². The largest absolute Gasteiger partial charge is 0.358 e. The molecule has 7 nitrogen and oxygen atoms in total. The zero-order valence-electron chi connectivity index (χ0n) is 18.1. The smallest absolute Gasteiger partial charge is 0.244 e. The van der Waals surface area contributed by atoms with E-state index in [0.29, 0.717) is 22.7 Å². The summed E-state index contributed by atoms with van der Waals surface area (Å²) >= 11 is 5.92. The number of carbonyl (C=O) groups excluding carboxylic acids is 2. The number of hydrogen-bond acceptors (Lipinski definition) is 4. The van der Waals surface area contributed by atoms with Crippen LogP contribution in [0.3, 0.4) is 0 Å². The number of nitrogens with one attached hydrogen (secondary N) is 2. The second-order valence-electron chi connectivity index (χ2n) is 7.64. The van der Waals surface area contributed by atoms with Crippen LogP contribution in [-0.4, -0.2) is 37.6 Å². The number of rotatable bonds is 9. The second-order valence-corrected chi connectivity index (χ2v) is 9.97. The Bertz CT molecular complexity index is 1010. The maximum Gasteiger partial charge on any atom is 0.244 e. The van der Waals surface area contributed by atoms with Crippen molar-refractivity contribution in [1.82, 2.24) is 9.62 Å². The first kappa shape index (κ1) is 24.8. The molecule has 0 aromatic heterocycles. The summed E-state index contributed by atoms with van der Waals surface area (Å²) in [6.45, 7) is 5.28. The van der Waals surface area contributed by atoms with Crippen LogP contribution >= 0.6 is 11.6 Å². The maximum atomic E-state index is 13.5. The van der Waals surface area contributed by atoms with E-state index in [1.165, 1.54) is 42.5 Å². The number of likely N-dealkylation sites (N-methyl/N-ethyl adjacent to an activating group) is 1. The third kappa shape index (κ3) is 6.78. The van der Waals surface area contributed by atoms with E-state index in [9.17, 15) is 18.0 Å². The van der Waals surface area contributed by atoms with Gasteiger partial charge in [0, 0.05) is 31.2 Å². The van der Waals surface area contributed by atoms with Crippen molar-refractivity contribution >= 4 is 39.1 Å². The van der Waals surface area contributed by atoms with E-state index in [1.54, 1.807) is 24.3 Å². The van der Waals surface area contributed by atoms with Gasteiger partial charge in [0.15, 0.2) is 0 Å². The zero-order chi connectivity index (χ0) is 23.2. The number of hydrogen-bond donors (Lipinski definition) is 2. The molecule has 2 aromatic rings. The predicted molar refractivity (Wildman–Crippen MR) is 122 cm³/mol. The minimum atomic E-state index is -4.00. The molecule has 1 atom stereocenters. The van der Waals surface area contributed by atoms with Gasteiger partial charge in [0.05, 0.1) is 4.90 Å². The van der Waals surface area contributed by atoms with E-state index in [4.69, 9.17) is 11.6 Å². The van der Waals surface area contributed by atoms with Gasteiger partial charge in [-0.1, -0.05) is 37.6 Å². The van der Waals surface area contributed by atoms with Crippen LogP contribution in [0, 0.1) is 5.92 Å². The molecule has 2 rings (SSSR count). The van der Waals surface area contributed by atoms with Crippen LogP contribution in [-0.2, 0) is 26.2 Å². The van der Waals surface area contributed by atoms with Gasteiger partial charge in [-0.05, 0) is 54.3 Å². The molecule has 2 N–H and O–H groups in total. The summed E-state index contributed by atoms with van der Waals surface area (Å²) in [6, 6.07) is 11.8. The van der Waals surface area contributed by atoms with E-state index in [-0.39, 0.29) is 29.2 Å². The van der Waals surface area contributed by atoms with Crippen molar-refractivity contribution in [2.45, 2.75) is 44.7 Å². The molecule has 31 heavy (non-hydrogen) atoms. The van der Waals surface area contributed by atoms with E-state index >= 15 is 0 Å². The Balaban J connectivity index is 2.49. The Morgan fingerprint density at radius 2 is 1.61 bits per heavy atom. The lowest BCUT2D eigenvalue weighted by molar-refractivity contribution is -0.125. The normalized spacial score (nSPS) is 12.6. The lowest BCUT2D eigenvalue weighted by Gasteiger charge is -2.31. The molecule has 168 valence electrons. The van der Waals surface area contributed by atoms with Gasteiger partial charge < -0.3 is 10.6 Å². The topological polar surface area (TPSA) is 95.6 Å². The quantitative estimate of drug-likeness (QED) is 0.590. The molecule has 0 saturated heterocycles. The second kappa shape index (κ2) is 10.7. The van der Waals surface area contributed by atoms with Gasteiger partial charge in [-0.3, -0.25) is 9.59 Å². The molecular formula is C22H28ClN3O4S. The van der Waals surface area contributed by atoms with Crippen molar-refractivity contribution in [3.05, 3.63) is 59.1 Å². The van der Waals surface area contributed by atoms with Crippen molar-refractivity contribution in [3.8, 4) is 0 Å². The highest BCUT2D eigenvalue weighted by molar-refractivity contribution is 7.89. The molecule has 0 heterocycles. The minimum Gasteiger partial charge on any atom is -0.358 e. The summed E-state index contributed by atoms with van der Waals surface area (Å²) in [4.78, 5) is 24.0. The van der Waals surface area contributed by atoms with Crippen molar-refractivity contribution in [2.75, 3.05) is 12.4 Å². The lowest BCUT2D eigenvalue weighted by Crippen LogP contribution is -2.49. The summed E-state index contributed by atoms with van der Waals surface area (Å²) in [5, 5.41) is 5.68. The molecule has 0 unspecified atom stereocenters. The molecule has 0 fully saturated rings. The Morgan fingerprint density at radius 1 is 1.03 bits per heavy atom. The van der Waals surface area contributed by atoms with Crippen LogP contribution < -0.4 is 10.6 Å². The third-order valence-electron chi connectivity index (χ3n) is 4.62. The zero-order valence-corrected chi connectivity index (χ0v) is 19.6. The van der Waals surface area contributed by atoms with Crippen molar-refractivity contribution in [1.29, 1.82) is 0 Å². The first-order valence-electron chi connectivity index (χ1n) is 9.90. The van der Waals surface area contributed by atoms with Gasteiger partial charge >= 0.3 is 0 Å². The number of benzene rings is 2. The average Bonchev–Trinajstić information content (AvgIpc) is 2.70. The predicted octanol–water partition coefficient (Wildman–Crippen LogP) is 3.65. The number of halogens is 1. The summed E-state index contributed by atoms with van der Waals surface area (Å²) in [7, 11) is -2.51. The van der Waals surface area contributed by atoms with Crippen LogP contribution in [0.1, 0.15) is 32.8 Å². The van der Waals surface area contributed by atoms with Crippen LogP contribution in [0.15, 0.2) is 53.4 Å². The standard InChI is InChI=1S/C22H28ClN3O4S/c1-15(2)13-21(22(28)24-4)26(31(29,30)20-11-7-18(23)8-12-20)14-17-5-9-19(10-6-17)25-16(3)27/h5-12,15,21H,13-14H2,1-4H3,(H,24,28)(H,25,27)/t21-/m1/s1. The highest BCUT2D eigenvalue weighted by atomic mass is 35.5. The fourth-order valence-electron chi connectivity index (χ4n) is 3.15. The molecule has 2 amide bonds. The fourth-order valence-corrected chi connectivity index (χ4v) is 4.86. The third-order valence-corrected chi connectivity index (χ3v) is 6.75. The van der Waals surface area contributed by atoms with E-state index in [2.05, 4.69) is 10.6 Å². The van der Waals surface area contributed by atoms with Gasteiger partial charge in [-0.15, -0.1) is 0 Å². The summed E-state index contributed by atoms with van der Waals surface area (Å²) in [5.74, 6) is -0.482. The molecule has 0 aliphatic heterocycles. The number of amides is 2.